The van der Waals surface area contributed by atoms with Gasteiger partial charge in [0.2, 0.25) is 5.89 Å². The summed E-state index contributed by atoms with van der Waals surface area (Å²) >= 11 is 7.58. The van der Waals surface area contributed by atoms with Crippen molar-refractivity contribution in [1.29, 1.82) is 0 Å². The van der Waals surface area contributed by atoms with Crippen LogP contribution in [0.5, 0.6) is 0 Å². The summed E-state index contributed by atoms with van der Waals surface area (Å²) in [7, 11) is 1.70. The van der Waals surface area contributed by atoms with Gasteiger partial charge in [-0.25, -0.2) is 4.98 Å². The summed E-state index contributed by atoms with van der Waals surface area (Å²) in [5, 5.41) is 9.63. The number of rotatable bonds is 8. The van der Waals surface area contributed by atoms with Crippen molar-refractivity contribution < 1.29 is 9.15 Å². The second kappa shape index (κ2) is 8.32. The fourth-order valence-electron chi connectivity index (χ4n) is 2.15. The number of thioether (sulfide) groups is 1. The number of nitrogens with zero attached hydrogens (tertiary/aromatic N) is 4. The Balaban J connectivity index is 1.61. The number of aromatic nitrogens is 4. The lowest BCUT2D eigenvalue weighted by atomic mass is 10.2. The molecule has 0 bridgehead atoms. The maximum absolute atomic E-state index is 6.00. The zero-order chi connectivity index (χ0) is 16.8. The molecule has 0 unspecified atom stereocenters. The average Bonchev–Trinajstić information content (AvgIpc) is 3.22. The van der Waals surface area contributed by atoms with Crippen LogP contribution in [0.3, 0.4) is 0 Å². The van der Waals surface area contributed by atoms with E-state index in [0.717, 1.165) is 29.4 Å². The maximum atomic E-state index is 6.00. The van der Waals surface area contributed by atoms with E-state index in [-0.39, 0.29) is 0 Å². The van der Waals surface area contributed by atoms with Crippen LogP contribution < -0.4 is 0 Å². The molecule has 24 heavy (non-hydrogen) atoms. The quantitative estimate of drug-likeness (QED) is 0.446. The highest BCUT2D eigenvalue weighted by Gasteiger charge is 2.10. The molecule has 0 saturated carbocycles. The predicted molar refractivity (Wildman–Crippen MR) is 93.0 cm³/mol. The van der Waals surface area contributed by atoms with Gasteiger partial charge in [0.1, 0.15) is 12.6 Å². The van der Waals surface area contributed by atoms with Crippen LogP contribution in [-0.4, -0.2) is 33.5 Å². The van der Waals surface area contributed by atoms with E-state index in [0.29, 0.717) is 23.3 Å². The van der Waals surface area contributed by atoms with Gasteiger partial charge >= 0.3 is 0 Å². The third-order valence-electron chi connectivity index (χ3n) is 3.30. The molecule has 6 nitrogen and oxygen atoms in total. The van der Waals surface area contributed by atoms with Gasteiger partial charge in [0.05, 0.1) is 5.69 Å². The number of ether oxygens (including phenoxy) is 1. The standard InChI is InChI=1S/C16H17ClN4O2S/c1-22-7-3-6-21-11-18-20-16(21)24-10-14-9-23-15(19-14)12-4-2-5-13(17)8-12/h2,4-5,8-9,11H,3,6-7,10H2,1H3. The van der Waals surface area contributed by atoms with E-state index in [9.17, 15) is 0 Å². The first kappa shape index (κ1) is 17.0. The second-order valence-corrected chi connectivity index (χ2v) is 6.48. The summed E-state index contributed by atoms with van der Waals surface area (Å²) in [4.78, 5) is 4.50. The van der Waals surface area contributed by atoms with Crippen LogP contribution in [0.15, 0.2) is 46.4 Å². The van der Waals surface area contributed by atoms with Gasteiger partial charge in [0, 0.05) is 36.6 Å². The van der Waals surface area contributed by atoms with Crippen molar-refractivity contribution in [2.24, 2.45) is 0 Å². The lowest BCUT2D eigenvalue weighted by molar-refractivity contribution is 0.189. The first-order chi connectivity index (χ1) is 11.8. The summed E-state index contributed by atoms with van der Waals surface area (Å²) in [5.74, 6) is 1.22. The smallest absolute Gasteiger partial charge is 0.226 e. The van der Waals surface area contributed by atoms with Crippen molar-refractivity contribution in [3.8, 4) is 11.5 Å². The highest BCUT2D eigenvalue weighted by Crippen LogP contribution is 2.25. The Morgan fingerprint density at radius 2 is 2.29 bits per heavy atom. The van der Waals surface area contributed by atoms with E-state index in [2.05, 4.69) is 15.2 Å². The van der Waals surface area contributed by atoms with E-state index in [1.54, 1.807) is 31.5 Å². The van der Waals surface area contributed by atoms with E-state index < -0.39 is 0 Å². The summed E-state index contributed by atoms with van der Waals surface area (Å²) in [6.07, 6.45) is 4.32. The summed E-state index contributed by atoms with van der Waals surface area (Å²) in [6.45, 7) is 1.55. The zero-order valence-electron chi connectivity index (χ0n) is 13.2. The Morgan fingerprint density at radius 1 is 1.38 bits per heavy atom. The molecule has 0 atom stereocenters. The van der Waals surface area contributed by atoms with Crippen molar-refractivity contribution in [2.75, 3.05) is 13.7 Å². The molecule has 0 aliphatic rings. The number of hydrogen-bond donors (Lipinski definition) is 0. The molecular formula is C16H17ClN4O2S. The topological polar surface area (TPSA) is 66.0 Å². The lowest BCUT2D eigenvalue weighted by Crippen LogP contribution is -2.02. The molecule has 0 radical (unpaired) electrons. The van der Waals surface area contributed by atoms with Gasteiger partial charge in [-0.2, -0.15) is 0 Å². The van der Waals surface area contributed by atoms with Gasteiger partial charge in [-0.1, -0.05) is 29.4 Å². The van der Waals surface area contributed by atoms with E-state index >= 15 is 0 Å². The highest BCUT2D eigenvalue weighted by molar-refractivity contribution is 7.98. The van der Waals surface area contributed by atoms with E-state index in [1.165, 1.54) is 0 Å². The van der Waals surface area contributed by atoms with Gasteiger partial charge in [0.15, 0.2) is 5.16 Å². The van der Waals surface area contributed by atoms with Crippen molar-refractivity contribution in [1.82, 2.24) is 19.7 Å². The number of aryl methyl sites for hydroxylation is 1. The van der Waals surface area contributed by atoms with Crippen molar-refractivity contribution >= 4 is 23.4 Å². The molecule has 0 N–H and O–H groups in total. The number of oxazole rings is 1. The van der Waals surface area contributed by atoms with Gasteiger partial charge in [-0.15, -0.1) is 10.2 Å². The Bertz CT molecular complexity index is 790. The SMILES string of the molecule is COCCCn1cnnc1SCc1coc(-c2cccc(Cl)c2)n1. The van der Waals surface area contributed by atoms with Crippen molar-refractivity contribution in [2.45, 2.75) is 23.9 Å². The lowest BCUT2D eigenvalue weighted by Gasteiger charge is -2.04. The Morgan fingerprint density at radius 3 is 3.12 bits per heavy atom. The summed E-state index contributed by atoms with van der Waals surface area (Å²) in [5.41, 5.74) is 1.71. The largest absolute Gasteiger partial charge is 0.444 e. The van der Waals surface area contributed by atoms with Crippen molar-refractivity contribution in [3.63, 3.8) is 0 Å². The molecule has 2 aromatic heterocycles. The minimum Gasteiger partial charge on any atom is -0.444 e. The molecule has 126 valence electrons. The number of benzene rings is 1. The molecule has 3 rings (SSSR count). The molecule has 0 aliphatic carbocycles. The molecule has 0 amide bonds. The molecule has 0 spiro atoms. The Kier molecular flexibility index (Phi) is 5.90. The number of halogens is 1. The molecule has 0 fully saturated rings. The van der Waals surface area contributed by atoms with Crippen LogP contribution in [0.2, 0.25) is 5.02 Å². The first-order valence-electron chi connectivity index (χ1n) is 7.46. The number of methoxy groups -OCH3 is 1. The average molecular weight is 365 g/mol. The van der Waals surface area contributed by atoms with Gasteiger partial charge < -0.3 is 13.7 Å². The van der Waals surface area contributed by atoms with Gasteiger partial charge in [-0.05, 0) is 24.6 Å². The number of hydrogen-bond acceptors (Lipinski definition) is 6. The fraction of sp³-hybridized carbons (Fsp3) is 0.312. The molecule has 0 saturated heterocycles. The summed E-state index contributed by atoms with van der Waals surface area (Å²) in [6, 6.07) is 7.44. The first-order valence-corrected chi connectivity index (χ1v) is 8.82. The molecule has 8 heteroatoms. The molecule has 1 aromatic carbocycles. The second-order valence-electron chi connectivity index (χ2n) is 5.10. The van der Waals surface area contributed by atoms with Gasteiger partial charge in [-0.3, -0.25) is 0 Å². The third kappa shape index (κ3) is 4.37. The maximum Gasteiger partial charge on any atom is 0.226 e. The highest BCUT2D eigenvalue weighted by atomic mass is 35.5. The predicted octanol–water partition coefficient (Wildman–Crippen LogP) is 3.92. The van der Waals surface area contributed by atoms with Crippen LogP contribution in [0.25, 0.3) is 11.5 Å². The monoisotopic (exact) mass is 364 g/mol. The minimum atomic E-state index is 0.565. The zero-order valence-corrected chi connectivity index (χ0v) is 14.8. The van der Waals surface area contributed by atoms with Crippen LogP contribution in [-0.2, 0) is 17.0 Å². The van der Waals surface area contributed by atoms with E-state index in [4.69, 9.17) is 20.8 Å². The van der Waals surface area contributed by atoms with Crippen molar-refractivity contribution in [3.05, 3.63) is 47.6 Å². The fourth-order valence-corrected chi connectivity index (χ4v) is 3.16. The molecule has 0 aliphatic heterocycles. The Hall–Kier alpha value is -1.83. The van der Waals surface area contributed by atoms with Crippen LogP contribution in [0, 0.1) is 0 Å². The van der Waals surface area contributed by atoms with Gasteiger partial charge in [0.25, 0.3) is 0 Å². The van der Waals surface area contributed by atoms with E-state index in [1.807, 2.05) is 28.8 Å². The molecule has 2 heterocycles. The van der Waals surface area contributed by atoms with Crippen LogP contribution in [0.1, 0.15) is 12.1 Å². The van der Waals surface area contributed by atoms with Crippen LogP contribution >= 0.6 is 23.4 Å². The molecule has 3 aromatic rings. The minimum absolute atomic E-state index is 0.565. The van der Waals surface area contributed by atoms with Crippen LogP contribution in [0.4, 0.5) is 0 Å². The third-order valence-corrected chi connectivity index (χ3v) is 4.55. The molecular weight excluding hydrogens is 348 g/mol. The Labute approximate surface area is 149 Å². The normalized spacial score (nSPS) is 11.1. The summed E-state index contributed by atoms with van der Waals surface area (Å²) < 4.78 is 12.6.